The molecule has 15 rings (SSSR count). The molecule has 10 aromatic rings. The highest BCUT2D eigenvalue weighted by Crippen LogP contribution is 2.60. The van der Waals surface area contributed by atoms with Crippen LogP contribution in [0.3, 0.4) is 0 Å². The Morgan fingerprint density at radius 1 is 0.373 bits per heavy atom. The van der Waals surface area contributed by atoms with Gasteiger partial charge in [0.15, 0.2) is 7.14 Å². The molecule has 67 heavy (non-hydrogen) atoms. The molecule has 2 unspecified atom stereocenters. The number of nitrogens with zero attached hydrogens (tertiary/aromatic N) is 2. The minimum atomic E-state index is -3.32. The molecule has 0 aromatic heterocycles. The van der Waals surface area contributed by atoms with E-state index in [4.69, 9.17) is 0 Å². The Morgan fingerprint density at radius 2 is 0.791 bits per heavy atom. The summed E-state index contributed by atoms with van der Waals surface area (Å²) in [6.45, 7) is 0.0363. The van der Waals surface area contributed by atoms with Gasteiger partial charge in [-0.1, -0.05) is 194 Å². The molecule has 5 heteroatoms. The van der Waals surface area contributed by atoms with Gasteiger partial charge in [-0.2, -0.15) is 0 Å². The SMILES string of the molecule is O=P(c1ccccc1)(c1ccccc1)c1cccc2c1C1c3ccccc3C2c2c(-c3cc4c5c(c3)N(c3ccccc3)c3ccccc3B5c3ccccc3N4c3ccccc3)cccc21. The maximum atomic E-state index is 16.4. The van der Waals surface area contributed by atoms with Gasteiger partial charge in [-0.15, -0.1) is 0 Å². The lowest BCUT2D eigenvalue weighted by molar-refractivity contribution is 0.592. The van der Waals surface area contributed by atoms with Gasteiger partial charge in [0.25, 0.3) is 6.71 Å². The summed E-state index contributed by atoms with van der Waals surface area (Å²) >= 11 is 0. The second kappa shape index (κ2) is 14.8. The van der Waals surface area contributed by atoms with Gasteiger partial charge in [0.1, 0.15) is 0 Å². The van der Waals surface area contributed by atoms with Crippen LogP contribution in [0.1, 0.15) is 45.2 Å². The van der Waals surface area contributed by atoms with Crippen molar-refractivity contribution in [3.05, 3.63) is 276 Å². The number of para-hydroxylation sites is 4. The van der Waals surface area contributed by atoms with Crippen LogP contribution < -0.4 is 42.1 Å². The standard InChI is InChI=1S/C62H42BN2OP/c66-67(44-25-9-3-10-26-44,45-27-11-4-12-28-45)57-38-20-33-50-59-47-29-13-14-30-48(47)60(61(50)57)49-32-19-31-46(58(49)59)41-39-55-62-56(40-41)65(43-23-7-2-8-24-43)54-37-18-16-35-52(54)63(62)51-34-15-17-36-53(51)64(55)42-21-5-1-6-22-42/h1-40,59-60H. The van der Waals surface area contributed by atoms with E-state index in [1.54, 1.807) is 0 Å². The van der Waals surface area contributed by atoms with Crippen molar-refractivity contribution < 1.29 is 4.57 Å². The second-order valence-corrected chi connectivity index (χ2v) is 20.9. The molecule has 314 valence electrons. The number of hydrogen-bond donors (Lipinski definition) is 0. The summed E-state index contributed by atoms with van der Waals surface area (Å²) in [4.78, 5) is 4.99. The maximum Gasteiger partial charge on any atom is 0.252 e. The minimum Gasteiger partial charge on any atom is -0.311 e. The summed E-state index contributed by atoms with van der Waals surface area (Å²) < 4.78 is 16.4. The first-order valence-corrected chi connectivity index (χ1v) is 25.0. The summed E-state index contributed by atoms with van der Waals surface area (Å²) in [7, 11) is -3.32. The van der Waals surface area contributed by atoms with E-state index in [1.807, 2.05) is 36.4 Å². The highest BCUT2D eigenvalue weighted by molar-refractivity contribution is 7.85. The number of anilines is 6. The van der Waals surface area contributed by atoms with Gasteiger partial charge in [0, 0.05) is 61.9 Å². The molecule has 2 bridgehead atoms. The van der Waals surface area contributed by atoms with Crippen LogP contribution in [0.5, 0.6) is 0 Å². The van der Waals surface area contributed by atoms with Crippen LogP contribution in [-0.2, 0) is 4.57 Å². The van der Waals surface area contributed by atoms with Crippen molar-refractivity contribution in [2.75, 3.05) is 9.80 Å². The van der Waals surface area contributed by atoms with Crippen molar-refractivity contribution in [2.45, 2.75) is 11.8 Å². The fourth-order valence-electron chi connectivity index (χ4n) is 12.3. The van der Waals surface area contributed by atoms with Gasteiger partial charge in [0.05, 0.1) is 0 Å². The second-order valence-electron chi connectivity index (χ2n) is 18.2. The fraction of sp³-hybridized carbons (Fsp3) is 0.0323. The molecule has 0 fully saturated rings. The van der Waals surface area contributed by atoms with Crippen LogP contribution in [0, 0.1) is 0 Å². The van der Waals surface area contributed by atoms with Gasteiger partial charge >= 0.3 is 0 Å². The van der Waals surface area contributed by atoms with Crippen molar-refractivity contribution in [3.63, 3.8) is 0 Å². The molecule has 10 aromatic carbocycles. The lowest BCUT2D eigenvalue weighted by atomic mass is 9.33. The van der Waals surface area contributed by atoms with E-state index in [9.17, 15) is 0 Å². The predicted molar refractivity (Wildman–Crippen MR) is 280 cm³/mol. The van der Waals surface area contributed by atoms with Crippen molar-refractivity contribution >= 4 is 80.3 Å². The Balaban J connectivity index is 1.05. The monoisotopic (exact) mass is 872 g/mol. The molecule has 0 N–H and O–H groups in total. The van der Waals surface area contributed by atoms with E-state index >= 15 is 4.57 Å². The summed E-state index contributed by atoms with van der Waals surface area (Å²) in [5.74, 6) is -0.178. The first kappa shape index (κ1) is 38.4. The Kier molecular flexibility index (Phi) is 8.48. The van der Waals surface area contributed by atoms with Crippen LogP contribution in [0.15, 0.2) is 243 Å². The van der Waals surface area contributed by atoms with E-state index in [-0.39, 0.29) is 18.5 Å². The highest BCUT2D eigenvalue weighted by Gasteiger charge is 2.48. The van der Waals surface area contributed by atoms with Crippen molar-refractivity contribution in [2.24, 2.45) is 0 Å². The molecule has 2 aliphatic heterocycles. The van der Waals surface area contributed by atoms with Crippen LogP contribution in [-0.4, -0.2) is 6.71 Å². The van der Waals surface area contributed by atoms with Crippen molar-refractivity contribution in [1.82, 2.24) is 0 Å². The van der Waals surface area contributed by atoms with Crippen LogP contribution in [0.4, 0.5) is 34.1 Å². The Bertz CT molecular complexity index is 3500. The Morgan fingerprint density at radius 3 is 1.33 bits per heavy atom. The largest absolute Gasteiger partial charge is 0.311 e. The molecule has 0 radical (unpaired) electrons. The van der Waals surface area contributed by atoms with Gasteiger partial charge in [-0.05, 0) is 109 Å². The lowest BCUT2D eigenvalue weighted by Gasteiger charge is -2.46. The fourth-order valence-corrected chi connectivity index (χ4v) is 15.2. The van der Waals surface area contributed by atoms with Crippen molar-refractivity contribution in [1.29, 1.82) is 0 Å². The third kappa shape index (κ3) is 5.45. The van der Waals surface area contributed by atoms with Crippen molar-refractivity contribution in [3.8, 4) is 11.1 Å². The van der Waals surface area contributed by atoms with E-state index in [0.29, 0.717) is 0 Å². The summed E-state index contributed by atoms with van der Waals surface area (Å²) in [5.41, 5.74) is 21.0. The van der Waals surface area contributed by atoms with Gasteiger partial charge in [-0.25, -0.2) is 0 Å². The summed E-state index contributed by atoms with van der Waals surface area (Å²) in [6, 6.07) is 87.6. The zero-order valence-electron chi connectivity index (χ0n) is 36.6. The molecule has 3 aliphatic carbocycles. The van der Waals surface area contributed by atoms with Gasteiger partial charge < -0.3 is 14.4 Å². The molecule has 0 amide bonds. The molecule has 2 heterocycles. The van der Waals surface area contributed by atoms with Crippen LogP contribution >= 0.6 is 7.14 Å². The molecular formula is C62H42BN2OP. The molecule has 2 atom stereocenters. The maximum absolute atomic E-state index is 16.4. The quantitative estimate of drug-likeness (QED) is 0.123. The van der Waals surface area contributed by atoms with E-state index in [1.165, 1.54) is 83.6 Å². The average Bonchev–Trinajstić information content (AvgIpc) is 3.41. The number of hydrogen-bond acceptors (Lipinski definition) is 3. The molecule has 0 spiro atoms. The van der Waals surface area contributed by atoms with Gasteiger partial charge in [-0.3, -0.25) is 0 Å². The first-order valence-electron chi connectivity index (χ1n) is 23.3. The zero-order valence-corrected chi connectivity index (χ0v) is 37.5. The van der Waals surface area contributed by atoms with E-state index in [2.05, 4.69) is 216 Å². The van der Waals surface area contributed by atoms with E-state index < -0.39 is 7.14 Å². The van der Waals surface area contributed by atoms with Crippen LogP contribution in [0.25, 0.3) is 11.1 Å². The highest BCUT2D eigenvalue weighted by atomic mass is 31.2. The van der Waals surface area contributed by atoms with E-state index in [0.717, 1.165) is 27.3 Å². The minimum absolute atomic E-state index is 0.0363. The molecular weight excluding hydrogens is 830 g/mol. The first-order chi connectivity index (χ1) is 33.2. The Hall–Kier alpha value is -7.91. The smallest absolute Gasteiger partial charge is 0.252 e. The third-order valence-electron chi connectivity index (χ3n) is 14.9. The third-order valence-corrected chi connectivity index (χ3v) is 18.0. The number of fused-ring (bicyclic) bond motifs is 4. The lowest BCUT2D eigenvalue weighted by Crippen LogP contribution is -2.61. The Labute approximate surface area is 391 Å². The summed E-state index contributed by atoms with van der Waals surface area (Å²) in [6.07, 6.45) is 0. The normalized spacial score (nSPS) is 15.7. The average molecular weight is 873 g/mol. The number of benzene rings is 10. The topological polar surface area (TPSA) is 23.6 Å². The van der Waals surface area contributed by atoms with Gasteiger partial charge in [0.2, 0.25) is 0 Å². The molecule has 3 nitrogen and oxygen atoms in total. The zero-order chi connectivity index (χ0) is 44.2. The van der Waals surface area contributed by atoms with Crippen LogP contribution in [0.2, 0.25) is 0 Å². The predicted octanol–water partition coefficient (Wildman–Crippen LogP) is 12.1. The molecule has 5 aliphatic rings. The molecule has 0 saturated heterocycles. The molecule has 0 saturated carbocycles. The number of rotatable bonds is 6. The summed E-state index contributed by atoms with van der Waals surface area (Å²) in [5, 5.41) is 2.64.